The average molecular weight is 248 g/mol. The van der Waals surface area contributed by atoms with Gasteiger partial charge in [-0.1, -0.05) is 17.7 Å². The molecule has 1 aromatic heterocycles. The second-order valence-electron chi connectivity index (χ2n) is 3.86. The maximum Gasteiger partial charge on any atom is 0.393 e. The average Bonchev–Trinajstić information content (AvgIpc) is 2.76. The van der Waals surface area contributed by atoms with Crippen LogP contribution < -0.4 is 4.74 Å². The number of aromatic nitrogens is 2. The Morgan fingerprint density at radius 1 is 1.39 bits per heavy atom. The molecule has 0 aliphatic carbocycles. The summed E-state index contributed by atoms with van der Waals surface area (Å²) in [5.41, 5.74) is 2.14. The molecular formula is C12H12N2O4. The third kappa shape index (κ3) is 2.65. The predicted molar refractivity (Wildman–Crippen MR) is 61.5 cm³/mol. The molecule has 0 saturated carbocycles. The maximum atomic E-state index is 10.5. The van der Waals surface area contributed by atoms with E-state index in [1.807, 2.05) is 32.0 Å². The summed E-state index contributed by atoms with van der Waals surface area (Å²) in [6.45, 7) is 3.97. The van der Waals surface area contributed by atoms with Crippen molar-refractivity contribution in [3.05, 3.63) is 41.1 Å². The van der Waals surface area contributed by atoms with Crippen molar-refractivity contribution in [2.75, 3.05) is 0 Å². The lowest BCUT2D eigenvalue weighted by atomic mass is 10.1. The van der Waals surface area contributed by atoms with Crippen LogP contribution in [0.4, 0.5) is 0 Å². The van der Waals surface area contributed by atoms with Crippen molar-refractivity contribution in [1.29, 1.82) is 0 Å². The summed E-state index contributed by atoms with van der Waals surface area (Å²) in [4.78, 5) is 10.5. The minimum absolute atomic E-state index is 0.0458. The van der Waals surface area contributed by atoms with Crippen molar-refractivity contribution in [1.82, 2.24) is 10.2 Å². The molecule has 0 atom stereocenters. The van der Waals surface area contributed by atoms with Crippen LogP contribution in [0.2, 0.25) is 0 Å². The van der Waals surface area contributed by atoms with Crippen LogP contribution in [0.25, 0.3) is 0 Å². The number of benzene rings is 1. The molecule has 1 N–H and O–H groups in total. The number of carboxylic acids is 1. The number of aromatic carboxylic acids is 1. The van der Waals surface area contributed by atoms with Gasteiger partial charge in [-0.05, 0) is 25.5 Å². The summed E-state index contributed by atoms with van der Waals surface area (Å²) in [7, 11) is 0. The highest BCUT2D eigenvalue weighted by Crippen LogP contribution is 2.19. The Hall–Kier alpha value is -2.37. The minimum atomic E-state index is -1.25. The van der Waals surface area contributed by atoms with Crippen LogP contribution in [0.15, 0.2) is 22.6 Å². The highest BCUT2D eigenvalue weighted by molar-refractivity contribution is 5.81. The Balaban J connectivity index is 2.04. The molecule has 1 heterocycles. The molecule has 0 saturated heterocycles. The van der Waals surface area contributed by atoms with Crippen molar-refractivity contribution < 1.29 is 19.1 Å². The number of carbonyl (C=O) groups is 1. The van der Waals surface area contributed by atoms with Gasteiger partial charge in [-0.2, -0.15) is 0 Å². The summed E-state index contributed by atoms with van der Waals surface area (Å²) in [5, 5.41) is 15.6. The summed E-state index contributed by atoms with van der Waals surface area (Å²) in [5.74, 6) is -0.849. The number of ether oxygens (including phenoxy) is 1. The van der Waals surface area contributed by atoms with Crippen LogP contribution in [-0.4, -0.2) is 21.3 Å². The van der Waals surface area contributed by atoms with Gasteiger partial charge >= 0.3 is 11.9 Å². The quantitative estimate of drug-likeness (QED) is 0.890. The Morgan fingerprint density at radius 3 is 2.78 bits per heavy atom. The third-order valence-electron chi connectivity index (χ3n) is 2.33. The summed E-state index contributed by atoms with van der Waals surface area (Å²) >= 11 is 0. The van der Waals surface area contributed by atoms with Crippen molar-refractivity contribution in [3.8, 4) is 5.75 Å². The largest absolute Gasteiger partial charge is 0.484 e. The Labute approximate surface area is 103 Å². The molecule has 1 aromatic carbocycles. The molecule has 0 aliphatic heterocycles. The van der Waals surface area contributed by atoms with Gasteiger partial charge in [-0.3, -0.25) is 0 Å². The third-order valence-corrected chi connectivity index (χ3v) is 2.33. The Kier molecular flexibility index (Phi) is 3.27. The van der Waals surface area contributed by atoms with E-state index >= 15 is 0 Å². The molecule has 2 rings (SSSR count). The second kappa shape index (κ2) is 4.87. The zero-order valence-electron chi connectivity index (χ0n) is 10.0. The molecule has 0 bridgehead atoms. The molecule has 18 heavy (non-hydrogen) atoms. The first-order valence-corrected chi connectivity index (χ1v) is 5.32. The van der Waals surface area contributed by atoms with Crippen LogP contribution >= 0.6 is 0 Å². The monoisotopic (exact) mass is 248 g/mol. The summed E-state index contributed by atoms with van der Waals surface area (Å²) in [6, 6.07) is 5.77. The SMILES string of the molecule is Cc1ccc(OCc2nnc(C(=O)O)o2)c(C)c1. The number of carboxylic acid groups (broad SMARTS) is 1. The molecule has 2 aromatic rings. The fourth-order valence-electron chi connectivity index (χ4n) is 1.50. The van der Waals surface area contributed by atoms with Gasteiger partial charge < -0.3 is 14.3 Å². The maximum absolute atomic E-state index is 10.5. The number of hydrogen-bond acceptors (Lipinski definition) is 5. The van der Waals surface area contributed by atoms with E-state index in [0.717, 1.165) is 11.1 Å². The molecule has 0 aliphatic rings. The molecule has 0 amide bonds. The topological polar surface area (TPSA) is 85.5 Å². The van der Waals surface area contributed by atoms with Gasteiger partial charge in [0.05, 0.1) is 0 Å². The van der Waals surface area contributed by atoms with Crippen LogP contribution in [0.3, 0.4) is 0 Å². The lowest BCUT2D eigenvalue weighted by Crippen LogP contribution is -1.97. The molecule has 0 fully saturated rings. The van der Waals surface area contributed by atoms with E-state index < -0.39 is 11.9 Å². The van der Waals surface area contributed by atoms with Crippen LogP contribution in [0.5, 0.6) is 5.75 Å². The Bertz CT molecular complexity index is 577. The van der Waals surface area contributed by atoms with E-state index in [-0.39, 0.29) is 12.5 Å². The molecule has 0 radical (unpaired) electrons. The molecule has 6 nitrogen and oxygen atoms in total. The molecule has 94 valence electrons. The first-order chi connectivity index (χ1) is 8.56. The molecule has 6 heteroatoms. The van der Waals surface area contributed by atoms with E-state index in [2.05, 4.69) is 10.2 Å². The van der Waals surface area contributed by atoms with Gasteiger partial charge in [0.1, 0.15) is 5.75 Å². The number of rotatable bonds is 4. The zero-order chi connectivity index (χ0) is 13.1. The lowest BCUT2D eigenvalue weighted by molar-refractivity contribution is 0.0649. The van der Waals surface area contributed by atoms with Crippen molar-refractivity contribution in [3.63, 3.8) is 0 Å². The van der Waals surface area contributed by atoms with E-state index in [1.165, 1.54) is 0 Å². The zero-order valence-corrected chi connectivity index (χ0v) is 10.0. The van der Waals surface area contributed by atoms with E-state index in [1.54, 1.807) is 0 Å². The molecule has 0 unspecified atom stereocenters. The second-order valence-corrected chi connectivity index (χ2v) is 3.86. The fraction of sp³-hybridized carbons (Fsp3) is 0.250. The standard InChI is InChI=1S/C12H12N2O4/c1-7-3-4-9(8(2)5-7)17-6-10-13-14-11(18-10)12(15)16/h3-5H,6H2,1-2H3,(H,15,16). The van der Waals surface area contributed by atoms with Gasteiger partial charge in [0.25, 0.3) is 5.89 Å². The van der Waals surface area contributed by atoms with Gasteiger partial charge in [-0.15, -0.1) is 10.2 Å². The summed E-state index contributed by atoms with van der Waals surface area (Å²) < 4.78 is 10.4. The normalized spacial score (nSPS) is 10.3. The summed E-state index contributed by atoms with van der Waals surface area (Å²) in [6.07, 6.45) is 0. The van der Waals surface area contributed by atoms with Gasteiger partial charge in [0, 0.05) is 0 Å². The van der Waals surface area contributed by atoms with Crippen LogP contribution in [0, 0.1) is 13.8 Å². The van der Waals surface area contributed by atoms with Crippen molar-refractivity contribution in [2.24, 2.45) is 0 Å². The predicted octanol–water partition coefficient (Wildman–Crippen LogP) is 1.96. The van der Waals surface area contributed by atoms with Crippen molar-refractivity contribution >= 4 is 5.97 Å². The number of aryl methyl sites for hydroxylation is 2. The van der Waals surface area contributed by atoms with E-state index in [0.29, 0.717) is 5.75 Å². The van der Waals surface area contributed by atoms with Crippen LogP contribution in [-0.2, 0) is 6.61 Å². The molecule has 0 spiro atoms. The van der Waals surface area contributed by atoms with Gasteiger partial charge in [-0.25, -0.2) is 4.79 Å². The van der Waals surface area contributed by atoms with Crippen molar-refractivity contribution in [2.45, 2.75) is 20.5 Å². The minimum Gasteiger partial charge on any atom is -0.484 e. The number of nitrogens with zero attached hydrogens (tertiary/aromatic N) is 2. The van der Waals surface area contributed by atoms with Crippen LogP contribution in [0.1, 0.15) is 27.7 Å². The highest BCUT2D eigenvalue weighted by Gasteiger charge is 2.13. The number of hydrogen-bond donors (Lipinski definition) is 1. The lowest BCUT2D eigenvalue weighted by Gasteiger charge is -2.07. The Morgan fingerprint density at radius 2 is 2.17 bits per heavy atom. The van der Waals surface area contributed by atoms with Gasteiger partial charge in [0.15, 0.2) is 6.61 Å². The first kappa shape index (κ1) is 12.1. The van der Waals surface area contributed by atoms with Gasteiger partial charge in [0.2, 0.25) is 0 Å². The van der Waals surface area contributed by atoms with E-state index in [9.17, 15) is 4.79 Å². The fourth-order valence-corrected chi connectivity index (χ4v) is 1.50. The van der Waals surface area contributed by atoms with E-state index in [4.69, 9.17) is 14.3 Å². The highest BCUT2D eigenvalue weighted by atomic mass is 16.5. The smallest absolute Gasteiger partial charge is 0.393 e. The first-order valence-electron chi connectivity index (χ1n) is 5.32. The molecular weight excluding hydrogens is 236 g/mol.